The molecule has 0 aromatic heterocycles. The highest BCUT2D eigenvalue weighted by Crippen LogP contribution is 2.29. The summed E-state index contributed by atoms with van der Waals surface area (Å²) in [5.41, 5.74) is 4.14. The van der Waals surface area contributed by atoms with Crippen LogP contribution in [0.25, 0.3) is 11.1 Å². The first kappa shape index (κ1) is 10.6. The molecule has 0 N–H and O–H groups in total. The second-order valence-corrected chi connectivity index (χ2v) is 4.44. The van der Waals surface area contributed by atoms with E-state index < -0.39 is 0 Å². The van der Waals surface area contributed by atoms with E-state index in [2.05, 4.69) is 49.9 Å². The van der Waals surface area contributed by atoms with E-state index in [1.807, 2.05) is 6.07 Å². The lowest BCUT2D eigenvalue weighted by atomic mass is 10.1. The Morgan fingerprint density at radius 1 is 1.13 bits per heavy atom. The predicted octanol–water partition coefficient (Wildman–Crippen LogP) is 4.42. The molecule has 0 aromatic rings. The molecule has 1 heteroatoms. The van der Waals surface area contributed by atoms with Gasteiger partial charge in [0.05, 0.1) is 0 Å². The summed E-state index contributed by atoms with van der Waals surface area (Å²) in [5.74, 6) is 0. The van der Waals surface area contributed by atoms with Gasteiger partial charge in [-0.15, -0.1) is 12.6 Å². The Balaban J connectivity index is 2.39. The van der Waals surface area contributed by atoms with Crippen LogP contribution < -0.4 is 0 Å². The van der Waals surface area contributed by atoms with Crippen molar-refractivity contribution in [1.82, 2.24) is 0 Å². The normalized spacial score (nSPS) is 10.8. The van der Waals surface area contributed by atoms with Crippen molar-refractivity contribution in [2.75, 3.05) is 0 Å². The Hall–Kier alpha value is -0.950. The summed E-state index contributed by atoms with van der Waals surface area (Å²) in [7, 11) is 0. The fraction of sp³-hybridized carbons (Fsp3) is 0.286. The van der Waals surface area contributed by atoms with Gasteiger partial charge in [-0.25, -0.2) is 0 Å². The molecule has 0 heterocycles. The largest absolute Gasteiger partial charge is 0.143 e. The fourth-order valence-electron chi connectivity index (χ4n) is 1.91. The van der Waals surface area contributed by atoms with Crippen LogP contribution in [-0.2, 0) is 6.42 Å². The molecular weight excluding hydrogens is 200 g/mol. The smallest absolute Gasteiger partial charge is 0.00462 e. The zero-order chi connectivity index (χ0) is 10.7. The minimum Gasteiger partial charge on any atom is -0.143 e. The molecule has 2 aliphatic rings. The van der Waals surface area contributed by atoms with Crippen LogP contribution in [0.5, 0.6) is 0 Å². The van der Waals surface area contributed by atoms with Crippen LogP contribution in [0, 0.1) is 0 Å². The number of hydrogen-bond acceptors (Lipinski definition) is 1. The molecular formula is C14H16S. The third-order valence-electron chi connectivity index (χ3n) is 2.76. The Morgan fingerprint density at radius 3 is 2.80 bits per heavy atom. The molecule has 0 radical (unpaired) electrons. The van der Waals surface area contributed by atoms with Crippen LogP contribution in [0.4, 0.5) is 0 Å². The summed E-state index contributed by atoms with van der Waals surface area (Å²) in [6, 6.07) is 12.9. The van der Waals surface area contributed by atoms with Crippen LogP contribution in [0.2, 0.25) is 0 Å². The van der Waals surface area contributed by atoms with Crippen molar-refractivity contribution >= 4 is 12.6 Å². The maximum atomic E-state index is 4.42. The lowest BCUT2D eigenvalue weighted by Crippen LogP contribution is -1.83. The van der Waals surface area contributed by atoms with Gasteiger partial charge in [0.15, 0.2) is 0 Å². The molecule has 0 nitrogen and oxygen atoms in total. The maximum absolute atomic E-state index is 4.42. The molecule has 78 valence electrons. The van der Waals surface area contributed by atoms with Crippen molar-refractivity contribution in [2.45, 2.75) is 31.1 Å². The van der Waals surface area contributed by atoms with E-state index in [0.29, 0.717) is 0 Å². The van der Waals surface area contributed by atoms with Crippen molar-refractivity contribution in [3.05, 3.63) is 42.0 Å². The lowest BCUT2D eigenvalue weighted by Gasteiger charge is -2.00. The number of hydrogen-bond donors (Lipinski definition) is 1. The van der Waals surface area contributed by atoms with E-state index in [1.165, 1.54) is 36.0 Å². The van der Waals surface area contributed by atoms with Crippen LogP contribution in [0.1, 0.15) is 25.3 Å². The number of thiol groups is 1. The Kier molecular flexibility index (Phi) is 3.32. The molecule has 0 atom stereocenters. The molecule has 0 spiro atoms. The number of fused-ring (bicyclic) bond motifs is 1. The molecule has 0 aromatic carbocycles. The summed E-state index contributed by atoms with van der Waals surface area (Å²) >= 11 is 4.42. The van der Waals surface area contributed by atoms with Gasteiger partial charge in [-0.1, -0.05) is 37.6 Å². The second kappa shape index (κ2) is 4.71. The minimum atomic E-state index is 1.04. The lowest BCUT2D eigenvalue weighted by molar-refractivity contribution is 0.798. The first-order valence-electron chi connectivity index (χ1n) is 5.52. The van der Waals surface area contributed by atoms with Crippen molar-refractivity contribution in [3.8, 4) is 11.1 Å². The third kappa shape index (κ3) is 2.35. The molecule has 0 unspecified atom stereocenters. The van der Waals surface area contributed by atoms with E-state index in [0.717, 1.165) is 4.90 Å². The van der Waals surface area contributed by atoms with Gasteiger partial charge < -0.3 is 0 Å². The first-order chi connectivity index (χ1) is 7.31. The molecule has 15 heavy (non-hydrogen) atoms. The van der Waals surface area contributed by atoms with E-state index in [-0.39, 0.29) is 0 Å². The molecule has 0 fully saturated rings. The average Bonchev–Trinajstić information content (AvgIpc) is 2.48. The summed E-state index contributed by atoms with van der Waals surface area (Å²) in [5, 5.41) is 0. The van der Waals surface area contributed by atoms with Crippen molar-refractivity contribution in [1.29, 1.82) is 0 Å². The van der Waals surface area contributed by atoms with Gasteiger partial charge in [0.2, 0.25) is 0 Å². The van der Waals surface area contributed by atoms with Gasteiger partial charge in [-0.2, -0.15) is 0 Å². The zero-order valence-corrected chi connectivity index (χ0v) is 9.93. The van der Waals surface area contributed by atoms with Crippen LogP contribution in [0.15, 0.2) is 41.3 Å². The Bertz CT molecular complexity index is 420. The molecule has 0 aliphatic heterocycles. The topological polar surface area (TPSA) is 0 Å². The molecule has 0 amide bonds. The molecule has 0 saturated heterocycles. The molecule has 2 aliphatic carbocycles. The van der Waals surface area contributed by atoms with Gasteiger partial charge in [-0.3, -0.25) is 0 Å². The van der Waals surface area contributed by atoms with Crippen molar-refractivity contribution < 1.29 is 0 Å². The second-order valence-electron chi connectivity index (χ2n) is 3.93. The van der Waals surface area contributed by atoms with E-state index in [4.69, 9.17) is 0 Å². The summed E-state index contributed by atoms with van der Waals surface area (Å²) in [6.45, 7) is 2.23. The van der Waals surface area contributed by atoms with Gasteiger partial charge in [0.1, 0.15) is 0 Å². The monoisotopic (exact) mass is 216 g/mol. The molecule has 0 saturated carbocycles. The highest BCUT2D eigenvalue weighted by molar-refractivity contribution is 7.80. The van der Waals surface area contributed by atoms with Gasteiger partial charge in [-0.05, 0) is 41.7 Å². The minimum absolute atomic E-state index is 1.04. The third-order valence-corrected chi connectivity index (χ3v) is 3.03. The summed E-state index contributed by atoms with van der Waals surface area (Å²) in [4.78, 5) is 1.04. The number of rotatable bonds is 3. The van der Waals surface area contributed by atoms with Gasteiger partial charge >= 0.3 is 0 Å². The van der Waals surface area contributed by atoms with E-state index in [9.17, 15) is 0 Å². The highest BCUT2D eigenvalue weighted by Gasteiger charge is 2.07. The van der Waals surface area contributed by atoms with Crippen LogP contribution in [-0.4, -0.2) is 0 Å². The number of unbranched alkanes of at least 4 members (excludes halogenated alkanes) is 1. The van der Waals surface area contributed by atoms with E-state index >= 15 is 0 Å². The van der Waals surface area contributed by atoms with Crippen molar-refractivity contribution in [2.24, 2.45) is 0 Å². The standard InChI is InChI=1S/C14H16S/c1-2-3-5-11-8-9-12-6-4-7-13(15)10-14(11)12/h4,6-10,15H,2-3,5H2,1H3. The van der Waals surface area contributed by atoms with Crippen molar-refractivity contribution in [3.63, 3.8) is 0 Å². The van der Waals surface area contributed by atoms with Gasteiger partial charge in [0.25, 0.3) is 0 Å². The number of aryl methyl sites for hydroxylation is 1. The average molecular weight is 216 g/mol. The summed E-state index contributed by atoms with van der Waals surface area (Å²) < 4.78 is 0. The van der Waals surface area contributed by atoms with E-state index in [1.54, 1.807) is 0 Å². The Morgan fingerprint density at radius 2 is 2.00 bits per heavy atom. The van der Waals surface area contributed by atoms with Crippen LogP contribution in [0.3, 0.4) is 0 Å². The van der Waals surface area contributed by atoms with Crippen LogP contribution >= 0.6 is 12.6 Å². The molecule has 2 rings (SSSR count). The SMILES string of the molecule is CCCCc1ccc2cccc(S)cc1-2. The predicted molar refractivity (Wildman–Crippen MR) is 68.9 cm³/mol. The Labute approximate surface area is 97.1 Å². The highest BCUT2D eigenvalue weighted by atomic mass is 32.1. The fourth-order valence-corrected chi connectivity index (χ4v) is 2.12. The molecule has 0 bridgehead atoms. The zero-order valence-electron chi connectivity index (χ0n) is 9.03. The first-order valence-corrected chi connectivity index (χ1v) is 5.96. The quantitative estimate of drug-likeness (QED) is 0.721. The summed E-state index contributed by atoms with van der Waals surface area (Å²) in [6.07, 6.45) is 3.69. The van der Waals surface area contributed by atoms with Gasteiger partial charge in [0, 0.05) is 4.90 Å². The maximum Gasteiger partial charge on any atom is 0.00462 e.